The van der Waals surface area contributed by atoms with Crippen LogP contribution in [0.5, 0.6) is 0 Å². The number of carbonyl (C=O) groups is 1. The second kappa shape index (κ2) is 7.77. The van der Waals surface area contributed by atoms with E-state index in [1.165, 1.54) is 32.1 Å². The van der Waals surface area contributed by atoms with Gasteiger partial charge in [-0.1, -0.05) is 31.4 Å². The smallest absolute Gasteiger partial charge is 0.260 e. The van der Waals surface area contributed by atoms with Crippen LogP contribution < -0.4 is 11.2 Å². The minimum atomic E-state index is -0.724. The predicted molar refractivity (Wildman–Crippen MR) is 92.5 cm³/mol. The van der Waals surface area contributed by atoms with E-state index in [1.807, 2.05) is 18.2 Å². The van der Waals surface area contributed by atoms with Crippen LogP contribution in [-0.2, 0) is 17.8 Å². The van der Waals surface area contributed by atoms with Gasteiger partial charge >= 0.3 is 0 Å². The normalized spacial score (nSPS) is 17.1. The summed E-state index contributed by atoms with van der Waals surface area (Å²) in [7, 11) is 0. The highest BCUT2D eigenvalue weighted by molar-refractivity contribution is 5.80. The lowest BCUT2D eigenvalue weighted by Gasteiger charge is -2.23. The van der Waals surface area contributed by atoms with Crippen molar-refractivity contribution in [1.82, 2.24) is 15.0 Å². The van der Waals surface area contributed by atoms with E-state index in [1.54, 1.807) is 5.48 Å². The van der Waals surface area contributed by atoms with E-state index in [-0.39, 0.29) is 0 Å². The van der Waals surface area contributed by atoms with Gasteiger partial charge < -0.3 is 10.3 Å². The maximum Gasteiger partial charge on any atom is 0.260 e. The molecule has 6 nitrogen and oxygen atoms in total. The number of hydroxylamine groups is 1. The zero-order valence-corrected chi connectivity index (χ0v) is 13.9. The summed E-state index contributed by atoms with van der Waals surface area (Å²) in [6.07, 6.45) is 7.61. The second-order valence-electron chi connectivity index (χ2n) is 6.75. The fourth-order valence-electron chi connectivity index (χ4n) is 3.65. The number of nitrogens with zero attached hydrogens (tertiary/aromatic N) is 2. The minimum absolute atomic E-state index is 0.459. The van der Waals surface area contributed by atoms with Gasteiger partial charge in [0, 0.05) is 13.0 Å². The Labute approximate surface area is 142 Å². The molecule has 0 saturated heterocycles. The van der Waals surface area contributed by atoms with Crippen molar-refractivity contribution in [3.63, 3.8) is 0 Å². The molecule has 2 aromatic rings. The van der Waals surface area contributed by atoms with E-state index in [0.717, 1.165) is 23.4 Å². The van der Waals surface area contributed by atoms with Gasteiger partial charge in [-0.05, 0) is 37.3 Å². The summed E-state index contributed by atoms with van der Waals surface area (Å²) in [5, 5.41) is 8.69. The second-order valence-corrected chi connectivity index (χ2v) is 6.75. The van der Waals surface area contributed by atoms with Gasteiger partial charge in [0.05, 0.1) is 17.1 Å². The third-order valence-electron chi connectivity index (χ3n) is 5.03. The number of hydrogen-bond acceptors (Lipinski definition) is 4. The highest BCUT2D eigenvalue weighted by atomic mass is 16.5. The molecular weight excluding hydrogens is 304 g/mol. The predicted octanol–water partition coefficient (Wildman–Crippen LogP) is 2.38. The number of fused-ring (bicyclic) bond motifs is 1. The summed E-state index contributed by atoms with van der Waals surface area (Å²) >= 11 is 0. The van der Waals surface area contributed by atoms with Crippen molar-refractivity contribution in [2.45, 2.75) is 57.5 Å². The molecule has 130 valence electrons. The number of benzene rings is 1. The van der Waals surface area contributed by atoms with Crippen molar-refractivity contribution in [3.05, 3.63) is 30.1 Å². The molecule has 24 heavy (non-hydrogen) atoms. The van der Waals surface area contributed by atoms with Gasteiger partial charge in [0.2, 0.25) is 0 Å². The molecule has 0 aliphatic heterocycles. The Balaban J connectivity index is 1.80. The number of imidazole rings is 1. The molecule has 1 heterocycles. The molecule has 1 fully saturated rings. The molecule has 1 amide bonds. The fourth-order valence-corrected chi connectivity index (χ4v) is 3.65. The van der Waals surface area contributed by atoms with Crippen LogP contribution in [0.15, 0.2) is 24.3 Å². The van der Waals surface area contributed by atoms with E-state index in [4.69, 9.17) is 15.9 Å². The maximum absolute atomic E-state index is 11.4. The Morgan fingerprint density at radius 2 is 2.08 bits per heavy atom. The maximum atomic E-state index is 11.4. The van der Waals surface area contributed by atoms with Gasteiger partial charge in [0.25, 0.3) is 5.91 Å². The van der Waals surface area contributed by atoms with E-state index in [0.29, 0.717) is 18.8 Å². The van der Waals surface area contributed by atoms with Crippen LogP contribution in [0.4, 0.5) is 0 Å². The van der Waals surface area contributed by atoms with Crippen molar-refractivity contribution in [3.8, 4) is 0 Å². The number of aromatic nitrogens is 2. The number of amides is 1. The fraction of sp³-hybridized carbons (Fsp3) is 0.556. The lowest BCUT2D eigenvalue weighted by atomic mass is 9.89. The van der Waals surface area contributed by atoms with E-state index < -0.39 is 11.9 Å². The van der Waals surface area contributed by atoms with Gasteiger partial charge in [-0.15, -0.1) is 0 Å². The SMILES string of the molecule is N[C@H](CCc1nc2ccccc2n1CC1CCCCC1)C(=O)NO. The summed E-state index contributed by atoms with van der Waals surface area (Å²) in [4.78, 5) is 16.1. The van der Waals surface area contributed by atoms with Crippen molar-refractivity contribution in [1.29, 1.82) is 0 Å². The molecule has 1 aromatic carbocycles. The molecule has 1 saturated carbocycles. The zero-order chi connectivity index (χ0) is 16.9. The van der Waals surface area contributed by atoms with Crippen LogP contribution in [0, 0.1) is 5.92 Å². The summed E-state index contributed by atoms with van der Waals surface area (Å²) in [6, 6.07) is 7.44. The van der Waals surface area contributed by atoms with Gasteiger partial charge in [0.1, 0.15) is 5.82 Å². The lowest BCUT2D eigenvalue weighted by molar-refractivity contribution is -0.130. The van der Waals surface area contributed by atoms with Crippen LogP contribution in [-0.4, -0.2) is 26.7 Å². The monoisotopic (exact) mass is 330 g/mol. The van der Waals surface area contributed by atoms with Crippen molar-refractivity contribution >= 4 is 16.9 Å². The zero-order valence-electron chi connectivity index (χ0n) is 13.9. The molecule has 1 aromatic heterocycles. The summed E-state index contributed by atoms with van der Waals surface area (Å²) in [6.45, 7) is 0.983. The molecule has 1 aliphatic carbocycles. The van der Waals surface area contributed by atoms with Crippen LogP contribution in [0.1, 0.15) is 44.3 Å². The Morgan fingerprint density at radius 1 is 1.33 bits per heavy atom. The summed E-state index contributed by atoms with van der Waals surface area (Å²) < 4.78 is 2.30. The Hall–Kier alpha value is -1.92. The summed E-state index contributed by atoms with van der Waals surface area (Å²) in [5.74, 6) is 1.12. The highest BCUT2D eigenvalue weighted by Crippen LogP contribution is 2.27. The lowest BCUT2D eigenvalue weighted by Crippen LogP contribution is -2.39. The molecule has 4 N–H and O–H groups in total. The molecular formula is C18H26N4O2. The van der Waals surface area contributed by atoms with Gasteiger partial charge in [-0.3, -0.25) is 10.0 Å². The van der Waals surface area contributed by atoms with E-state index >= 15 is 0 Å². The number of carbonyl (C=O) groups excluding carboxylic acids is 1. The molecule has 0 bridgehead atoms. The number of nitrogens with one attached hydrogen (secondary N) is 1. The van der Waals surface area contributed by atoms with Gasteiger partial charge in [0.15, 0.2) is 0 Å². The molecule has 0 radical (unpaired) electrons. The third-order valence-corrected chi connectivity index (χ3v) is 5.03. The molecule has 6 heteroatoms. The largest absolute Gasteiger partial charge is 0.328 e. The quantitative estimate of drug-likeness (QED) is 0.560. The van der Waals surface area contributed by atoms with Gasteiger partial charge in [-0.25, -0.2) is 10.5 Å². The van der Waals surface area contributed by atoms with Crippen molar-refractivity contribution in [2.75, 3.05) is 0 Å². The average molecular weight is 330 g/mol. The number of rotatable bonds is 6. The molecule has 1 atom stereocenters. The summed E-state index contributed by atoms with van der Waals surface area (Å²) in [5.41, 5.74) is 9.55. The topological polar surface area (TPSA) is 93.2 Å². The molecule has 0 spiro atoms. The number of hydrogen-bond donors (Lipinski definition) is 3. The Kier molecular flexibility index (Phi) is 5.48. The first-order valence-corrected chi connectivity index (χ1v) is 8.82. The average Bonchev–Trinajstić information content (AvgIpc) is 2.97. The van der Waals surface area contributed by atoms with Crippen molar-refractivity contribution < 1.29 is 10.0 Å². The molecule has 1 aliphatic rings. The first-order valence-electron chi connectivity index (χ1n) is 8.82. The van der Waals surface area contributed by atoms with Crippen LogP contribution in [0.2, 0.25) is 0 Å². The first kappa shape index (κ1) is 16.9. The van der Waals surface area contributed by atoms with Crippen LogP contribution in [0.25, 0.3) is 11.0 Å². The Bertz CT molecular complexity index is 691. The third kappa shape index (κ3) is 3.76. The number of aryl methyl sites for hydroxylation is 1. The minimum Gasteiger partial charge on any atom is -0.328 e. The van der Waals surface area contributed by atoms with E-state index in [9.17, 15) is 4.79 Å². The standard InChI is InChI=1S/C18H26N4O2/c19-14(18(23)21-24)10-11-17-20-15-8-4-5-9-16(15)22(17)12-13-6-2-1-3-7-13/h4-5,8-9,13-14,24H,1-3,6-7,10-12,19H2,(H,21,23)/t14-/m1/s1. The highest BCUT2D eigenvalue weighted by Gasteiger charge is 2.19. The Morgan fingerprint density at radius 3 is 2.83 bits per heavy atom. The molecule has 0 unspecified atom stereocenters. The van der Waals surface area contributed by atoms with Crippen molar-refractivity contribution in [2.24, 2.45) is 11.7 Å². The first-order chi connectivity index (χ1) is 11.7. The van der Waals surface area contributed by atoms with Crippen LogP contribution in [0.3, 0.4) is 0 Å². The van der Waals surface area contributed by atoms with Crippen LogP contribution >= 0.6 is 0 Å². The van der Waals surface area contributed by atoms with Gasteiger partial charge in [-0.2, -0.15) is 0 Å². The van der Waals surface area contributed by atoms with E-state index in [2.05, 4.69) is 10.6 Å². The molecule has 3 rings (SSSR count). The number of para-hydroxylation sites is 2. The number of nitrogens with two attached hydrogens (primary N) is 1.